The van der Waals surface area contributed by atoms with E-state index >= 15 is 0 Å². The Bertz CT molecular complexity index is 254. The molecule has 3 aliphatic rings. The Morgan fingerprint density at radius 2 is 1.68 bits per heavy atom. The summed E-state index contributed by atoms with van der Waals surface area (Å²) in [6.45, 7) is 10.7. The Morgan fingerprint density at radius 3 is 2.37 bits per heavy atom. The van der Waals surface area contributed by atoms with Crippen LogP contribution in [0.5, 0.6) is 0 Å². The van der Waals surface area contributed by atoms with Crippen molar-refractivity contribution in [3.63, 3.8) is 0 Å². The van der Waals surface area contributed by atoms with Gasteiger partial charge in [0.15, 0.2) is 0 Å². The number of rotatable bonds is 4. The number of hydrogen-bond acceptors (Lipinski definition) is 4. The number of nitrogens with one attached hydrogen (secondary N) is 1. The van der Waals surface area contributed by atoms with Crippen LogP contribution in [-0.4, -0.2) is 74.9 Å². The average Bonchev–Trinajstić information content (AvgIpc) is 2.95. The van der Waals surface area contributed by atoms with Crippen molar-refractivity contribution in [2.24, 2.45) is 5.92 Å². The summed E-state index contributed by atoms with van der Waals surface area (Å²) in [7, 11) is 0. The molecule has 3 aliphatic heterocycles. The van der Waals surface area contributed by atoms with Crippen LogP contribution < -0.4 is 5.32 Å². The van der Waals surface area contributed by atoms with Gasteiger partial charge in [-0.3, -0.25) is 0 Å². The maximum Gasteiger partial charge on any atom is 0.0826 e. The van der Waals surface area contributed by atoms with Crippen molar-refractivity contribution in [2.75, 3.05) is 59.0 Å². The summed E-state index contributed by atoms with van der Waals surface area (Å²) in [6, 6.07) is 0. The summed E-state index contributed by atoms with van der Waals surface area (Å²) in [6.07, 6.45) is 6.03. The van der Waals surface area contributed by atoms with Gasteiger partial charge in [-0.1, -0.05) is 0 Å². The average molecular weight is 267 g/mol. The van der Waals surface area contributed by atoms with E-state index in [1.807, 2.05) is 0 Å². The third-order valence-corrected chi connectivity index (χ3v) is 4.89. The molecule has 0 saturated carbocycles. The summed E-state index contributed by atoms with van der Waals surface area (Å²) in [4.78, 5) is 5.28. The Kier molecular flexibility index (Phi) is 5.10. The quantitative estimate of drug-likeness (QED) is 0.815. The second kappa shape index (κ2) is 7.02. The van der Waals surface area contributed by atoms with Crippen molar-refractivity contribution in [3.8, 4) is 0 Å². The van der Waals surface area contributed by atoms with Crippen LogP contribution in [0.2, 0.25) is 0 Å². The molecule has 4 heteroatoms. The molecule has 3 rings (SSSR count). The van der Waals surface area contributed by atoms with Gasteiger partial charge < -0.3 is 19.9 Å². The third-order valence-electron chi connectivity index (χ3n) is 4.89. The van der Waals surface area contributed by atoms with E-state index in [-0.39, 0.29) is 0 Å². The fraction of sp³-hybridized carbons (Fsp3) is 1.00. The molecule has 0 aliphatic carbocycles. The predicted molar refractivity (Wildman–Crippen MR) is 77.4 cm³/mol. The van der Waals surface area contributed by atoms with Crippen LogP contribution in [0.4, 0.5) is 0 Å². The summed E-state index contributed by atoms with van der Waals surface area (Å²) < 4.78 is 5.80. The second-order valence-electron chi connectivity index (χ2n) is 6.45. The molecule has 1 unspecified atom stereocenters. The number of ether oxygens (including phenoxy) is 1. The van der Waals surface area contributed by atoms with Crippen molar-refractivity contribution in [1.82, 2.24) is 15.1 Å². The van der Waals surface area contributed by atoms with Gasteiger partial charge in [-0.15, -0.1) is 0 Å². The van der Waals surface area contributed by atoms with Crippen molar-refractivity contribution in [1.29, 1.82) is 0 Å². The molecule has 0 aromatic carbocycles. The molecule has 110 valence electrons. The largest absolute Gasteiger partial charge is 0.374 e. The topological polar surface area (TPSA) is 27.7 Å². The maximum absolute atomic E-state index is 5.80. The van der Waals surface area contributed by atoms with E-state index in [0.717, 1.165) is 32.2 Å². The van der Waals surface area contributed by atoms with Crippen LogP contribution in [0.25, 0.3) is 0 Å². The Morgan fingerprint density at radius 1 is 0.947 bits per heavy atom. The van der Waals surface area contributed by atoms with Crippen LogP contribution in [0.15, 0.2) is 0 Å². The van der Waals surface area contributed by atoms with Gasteiger partial charge in [-0.2, -0.15) is 0 Å². The number of likely N-dealkylation sites (tertiary alicyclic amines) is 2. The molecule has 0 bridgehead atoms. The zero-order chi connectivity index (χ0) is 12.9. The van der Waals surface area contributed by atoms with Gasteiger partial charge in [-0.05, 0) is 57.8 Å². The highest BCUT2D eigenvalue weighted by Gasteiger charge is 2.25. The van der Waals surface area contributed by atoms with Crippen LogP contribution in [0.1, 0.15) is 25.7 Å². The van der Waals surface area contributed by atoms with Gasteiger partial charge in [0.2, 0.25) is 0 Å². The molecule has 4 nitrogen and oxygen atoms in total. The minimum absolute atomic E-state index is 0.420. The Hall–Kier alpha value is -0.160. The first-order chi connectivity index (χ1) is 9.40. The first kappa shape index (κ1) is 13.8. The van der Waals surface area contributed by atoms with Crippen LogP contribution in [-0.2, 0) is 4.74 Å². The lowest BCUT2D eigenvalue weighted by molar-refractivity contribution is -0.00157. The van der Waals surface area contributed by atoms with Gasteiger partial charge in [0, 0.05) is 26.2 Å². The smallest absolute Gasteiger partial charge is 0.0826 e. The highest BCUT2D eigenvalue weighted by atomic mass is 16.5. The normalized spacial score (nSPS) is 31.9. The van der Waals surface area contributed by atoms with E-state index in [0.29, 0.717) is 6.10 Å². The molecule has 0 radical (unpaired) electrons. The van der Waals surface area contributed by atoms with Crippen molar-refractivity contribution >= 4 is 0 Å². The summed E-state index contributed by atoms with van der Waals surface area (Å²) >= 11 is 0. The second-order valence-corrected chi connectivity index (χ2v) is 6.45. The summed E-state index contributed by atoms with van der Waals surface area (Å²) in [5.41, 5.74) is 0. The minimum atomic E-state index is 0.420. The van der Waals surface area contributed by atoms with Gasteiger partial charge in [-0.25, -0.2) is 0 Å². The van der Waals surface area contributed by atoms with Crippen LogP contribution in [0.3, 0.4) is 0 Å². The minimum Gasteiger partial charge on any atom is -0.374 e. The molecule has 3 fully saturated rings. The molecule has 0 amide bonds. The SMILES string of the molecule is C1CCN(CC2CCN(CC3CNCCO3)CC2)C1. The standard InChI is InChI=1S/C15H29N3O/c1-2-7-17(6-1)12-14-3-8-18(9-4-14)13-15-11-16-5-10-19-15/h14-16H,1-13H2. The fourth-order valence-electron chi connectivity index (χ4n) is 3.71. The van der Waals surface area contributed by atoms with E-state index in [4.69, 9.17) is 4.74 Å². The molecule has 19 heavy (non-hydrogen) atoms. The zero-order valence-electron chi connectivity index (χ0n) is 12.1. The van der Waals surface area contributed by atoms with Gasteiger partial charge in [0.05, 0.1) is 12.7 Å². The van der Waals surface area contributed by atoms with Crippen LogP contribution >= 0.6 is 0 Å². The fourth-order valence-corrected chi connectivity index (χ4v) is 3.71. The monoisotopic (exact) mass is 267 g/mol. The van der Waals surface area contributed by atoms with E-state index in [1.165, 1.54) is 58.4 Å². The summed E-state index contributed by atoms with van der Waals surface area (Å²) in [5, 5.41) is 3.42. The summed E-state index contributed by atoms with van der Waals surface area (Å²) in [5.74, 6) is 0.944. The number of hydrogen-bond donors (Lipinski definition) is 1. The van der Waals surface area contributed by atoms with Gasteiger partial charge in [0.25, 0.3) is 0 Å². The van der Waals surface area contributed by atoms with E-state index in [1.54, 1.807) is 0 Å². The molecule has 1 atom stereocenters. The van der Waals surface area contributed by atoms with Crippen molar-refractivity contribution in [2.45, 2.75) is 31.8 Å². The molecule has 3 heterocycles. The molecule has 0 aromatic rings. The highest BCUT2D eigenvalue weighted by Crippen LogP contribution is 2.21. The lowest BCUT2D eigenvalue weighted by Crippen LogP contribution is -2.47. The van der Waals surface area contributed by atoms with E-state index in [9.17, 15) is 0 Å². The first-order valence-electron chi connectivity index (χ1n) is 8.17. The van der Waals surface area contributed by atoms with Gasteiger partial charge >= 0.3 is 0 Å². The maximum atomic E-state index is 5.80. The number of nitrogens with zero attached hydrogens (tertiary/aromatic N) is 2. The molecule has 0 aromatic heterocycles. The first-order valence-corrected chi connectivity index (χ1v) is 8.17. The van der Waals surface area contributed by atoms with Crippen molar-refractivity contribution in [3.05, 3.63) is 0 Å². The van der Waals surface area contributed by atoms with E-state index in [2.05, 4.69) is 15.1 Å². The van der Waals surface area contributed by atoms with Gasteiger partial charge in [0.1, 0.15) is 0 Å². The van der Waals surface area contributed by atoms with Crippen LogP contribution in [0, 0.1) is 5.92 Å². The lowest BCUT2D eigenvalue weighted by Gasteiger charge is -2.36. The highest BCUT2D eigenvalue weighted by molar-refractivity contribution is 4.79. The Labute approximate surface area is 117 Å². The zero-order valence-corrected chi connectivity index (χ0v) is 12.1. The predicted octanol–water partition coefficient (Wildman–Crippen LogP) is 0.783. The Balaban J connectivity index is 1.34. The molecule has 3 saturated heterocycles. The third kappa shape index (κ3) is 4.15. The number of piperidine rings is 1. The molecule has 0 spiro atoms. The van der Waals surface area contributed by atoms with Crippen molar-refractivity contribution < 1.29 is 4.74 Å². The molecular formula is C15H29N3O. The van der Waals surface area contributed by atoms with E-state index < -0.39 is 0 Å². The lowest BCUT2D eigenvalue weighted by atomic mass is 9.96. The number of morpholine rings is 1. The molecule has 1 N–H and O–H groups in total. The molecular weight excluding hydrogens is 238 g/mol.